The number of amidine groups is 1. The number of aliphatic imine (C=N–C) groups is 1. The fourth-order valence-corrected chi connectivity index (χ4v) is 4.84. The molecule has 10 heteroatoms. The molecule has 4 rings (SSSR count). The minimum Gasteiger partial charge on any atom is -0.493 e. The Hall–Kier alpha value is -4.07. The van der Waals surface area contributed by atoms with E-state index in [1.54, 1.807) is 49.5 Å². The number of carboxylic acid groups (broad SMARTS) is 1. The monoisotopic (exact) mass is 577 g/mol. The first-order chi connectivity index (χ1) is 17.8. The summed E-state index contributed by atoms with van der Waals surface area (Å²) in [7, 11) is 3.16. The number of hydrogen-bond acceptors (Lipinski definition) is 7. The van der Waals surface area contributed by atoms with E-state index in [0.717, 1.165) is 5.56 Å². The molecule has 0 aliphatic carbocycles. The first kappa shape index (κ1) is 26.0. The molecule has 37 heavy (non-hydrogen) atoms. The van der Waals surface area contributed by atoms with Crippen LogP contribution in [-0.2, 0) is 11.4 Å². The third-order valence-corrected chi connectivity index (χ3v) is 7.18. The number of benzene rings is 3. The number of carbonyl (C=O) groups is 2. The number of aromatic carboxylic acids is 1. The SMILES string of the molecule is COc1cc(/C=C2\SC(=Nc3ccc(C(=O)O)cc3)N(C)C2=O)c(Br)cc1OCc1ccccc1C#N. The second-order valence-electron chi connectivity index (χ2n) is 7.80. The Balaban J connectivity index is 1.57. The van der Waals surface area contributed by atoms with Crippen molar-refractivity contribution < 1.29 is 24.2 Å². The third-order valence-electron chi connectivity index (χ3n) is 5.43. The molecule has 8 nitrogen and oxygen atoms in total. The summed E-state index contributed by atoms with van der Waals surface area (Å²) in [6.07, 6.45) is 1.74. The first-order valence-electron chi connectivity index (χ1n) is 10.9. The van der Waals surface area contributed by atoms with Gasteiger partial charge in [0.25, 0.3) is 5.91 Å². The number of nitrogens with zero attached hydrogens (tertiary/aromatic N) is 3. The van der Waals surface area contributed by atoms with E-state index in [1.807, 2.05) is 12.1 Å². The van der Waals surface area contributed by atoms with Gasteiger partial charge in [0, 0.05) is 17.1 Å². The Morgan fingerprint density at radius 2 is 1.92 bits per heavy atom. The Labute approximate surface area is 226 Å². The molecule has 186 valence electrons. The van der Waals surface area contributed by atoms with Crippen molar-refractivity contribution in [1.82, 2.24) is 4.90 Å². The molecule has 1 N–H and O–H groups in total. The number of rotatable bonds is 7. The number of thioether (sulfide) groups is 1. The number of ether oxygens (including phenoxy) is 2. The Morgan fingerprint density at radius 1 is 1.19 bits per heavy atom. The number of carboxylic acids is 1. The van der Waals surface area contributed by atoms with Crippen LogP contribution in [0.3, 0.4) is 0 Å². The zero-order valence-corrected chi connectivity index (χ0v) is 22.2. The van der Waals surface area contributed by atoms with E-state index in [-0.39, 0.29) is 18.1 Å². The lowest BCUT2D eigenvalue weighted by Gasteiger charge is -2.13. The van der Waals surface area contributed by atoms with Crippen LogP contribution in [0.25, 0.3) is 6.08 Å². The van der Waals surface area contributed by atoms with Gasteiger partial charge in [0.15, 0.2) is 16.7 Å². The van der Waals surface area contributed by atoms with Crippen molar-refractivity contribution in [3.8, 4) is 17.6 Å². The molecule has 0 radical (unpaired) electrons. The van der Waals surface area contributed by atoms with Crippen molar-refractivity contribution in [1.29, 1.82) is 5.26 Å². The molecular formula is C27H20BrN3O5S. The molecule has 1 amide bonds. The summed E-state index contributed by atoms with van der Waals surface area (Å²) in [6, 6.07) is 19.0. The summed E-state index contributed by atoms with van der Waals surface area (Å²) < 4.78 is 12.2. The largest absolute Gasteiger partial charge is 0.493 e. The number of likely N-dealkylation sites (N-methyl/N-ethyl adjacent to an activating group) is 1. The molecule has 0 aromatic heterocycles. The number of amides is 1. The van der Waals surface area contributed by atoms with Gasteiger partial charge in [-0.15, -0.1) is 0 Å². The first-order valence-corrected chi connectivity index (χ1v) is 12.5. The van der Waals surface area contributed by atoms with Crippen LogP contribution in [-0.4, -0.2) is 41.2 Å². The van der Waals surface area contributed by atoms with Crippen LogP contribution in [0.15, 0.2) is 75.0 Å². The summed E-state index contributed by atoms with van der Waals surface area (Å²) in [5.74, 6) is -0.277. The maximum Gasteiger partial charge on any atom is 0.335 e. The lowest BCUT2D eigenvalue weighted by molar-refractivity contribution is -0.121. The number of halogens is 1. The predicted octanol–water partition coefficient (Wildman–Crippen LogP) is 5.84. The second kappa shape index (κ2) is 11.3. The van der Waals surface area contributed by atoms with E-state index >= 15 is 0 Å². The van der Waals surface area contributed by atoms with Crippen LogP contribution in [0.1, 0.15) is 27.0 Å². The summed E-state index contributed by atoms with van der Waals surface area (Å²) >= 11 is 4.76. The van der Waals surface area contributed by atoms with Crippen LogP contribution in [0.2, 0.25) is 0 Å². The zero-order chi connectivity index (χ0) is 26.5. The summed E-state index contributed by atoms with van der Waals surface area (Å²) in [6.45, 7) is 0.194. The van der Waals surface area contributed by atoms with Gasteiger partial charge in [-0.1, -0.05) is 34.1 Å². The molecule has 0 unspecified atom stereocenters. The standard InChI is InChI=1S/C27H20BrN3O5S/c1-31-25(32)24(37-27(31)30-20-9-7-16(8-10-20)26(33)34)12-19-11-22(35-2)23(13-21(19)28)36-15-18-6-4-3-5-17(18)14-29/h3-13H,15H2,1-2H3,(H,33,34)/b24-12-,30-27?. The lowest BCUT2D eigenvalue weighted by atomic mass is 10.1. The zero-order valence-electron chi connectivity index (χ0n) is 19.8. The Kier molecular flexibility index (Phi) is 7.96. The van der Waals surface area contributed by atoms with E-state index < -0.39 is 5.97 Å². The number of hydrogen-bond donors (Lipinski definition) is 1. The highest BCUT2D eigenvalue weighted by Gasteiger charge is 2.30. The van der Waals surface area contributed by atoms with Crippen LogP contribution >= 0.6 is 27.7 Å². The van der Waals surface area contributed by atoms with Gasteiger partial charge in [0.2, 0.25) is 0 Å². The molecule has 0 bridgehead atoms. The topological polar surface area (TPSA) is 112 Å². The predicted molar refractivity (Wildman–Crippen MR) is 145 cm³/mol. The molecule has 1 saturated heterocycles. The van der Waals surface area contributed by atoms with Gasteiger partial charge in [-0.2, -0.15) is 5.26 Å². The second-order valence-corrected chi connectivity index (χ2v) is 9.67. The molecule has 1 aliphatic heterocycles. The summed E-state index contributed by atoms with van der Waals surface area (Å²) in [5.41, 5.74) is 2.70. The minimum atomic E-state index is -1.02. The van der Waals surface area contributed by atoms with Crippen molar-refractivity contribution in [2.24, 2.45) is 4.99 Å². The molecular weight excluding hydrogens is 558 g/mol. The molecule has 1 fully saturated rings. The van der Waals surface area contributed by atoms with Crippen LogP contribution < -0.4 is 9.47 Å². The van der Waals surface area contributed by atoms with Gasteiger partial charge in [-0.25, -0.2) is 9.79 Å². The van der Waals surface area contributed by atoms with Crippen LogP contribution in [0.5, 0.6) is 11.5 Å². The van der Waals surface area contributed by atoms with Crippen molar-refractivity contribution in [2.45, 2.75) is 6.61 Å². The Bertz CT molecular complexity index is 1480. The van der Waals surface area contributed by atoms with E-state index in [4.69, 9.17) is 14.6 Å². The molecule has 3 aromatic rings. The smallest absolute Gasteiger partial charge is 0.335 e. The maximum absolute atomic E-state index is 12.9. The van der Waals surface area contributed by atoms with E-state index in [2.05, 4.69) is 27.0 Å². The average Bonchev–Trinajstić information content (AvgIpc) is 3.16. The van der Waals surface area contributed by atoms with E-state index in [1.165, 1.54) is 35.9 Å². The van der Waals surface area contributed by atoms with Crippen molar-refractivity contribution in [3.05, 3.63) is 92.3 Å². The highest BCUT2D eigenvalue weighted by molar-refractivity contribution is 9.10. The number of carbonyl (C=O) groups excluding carboxylic acids is 1. The van der Waals surface area contributed by atoms with Gasteiger partial charge in [0.1, 0.15) is 6.61 Å². The third kappa shape index (κ3) is 5.85. The van der Waals surface area contributed by atoms with Gasteiger partial charge in [0.05, 0.1) is 34.9 Å². The quantitative estimate of drug-likeness (QED) is 0.351. The van der Waals surface area contributed by atoms with Gasteiger partial charge in [-0.3, -0.25) is 9.69 Å². The number of nitriles is 1. The van der Waals surface area contributed by atoms with Crippen LogP contribution in [0, 0.1) is 11.3 Å². The lowest BCUT2D eigenvalue weighted by Crippen LogP contribution is -2.23. The Morgan fingerprint density at radius 3 is 2.59 bits per heavy atom. The molecule has 1 heterocycles. The van der Waals surface area contributed by atoms with Crippen LogP contribution in [0.4, 0.5) is 5.69 Å². The molecule has 0 spiro atoms. The van der Waals surface area contributed by atoms with Crippen molar-refractivity contribution >= 4 is 56.5 Å². The highest BCUT2D eigenvalue weighted by atomic mass is 79.9. The molecule has 0 atom stereocenters. The van der Waals surface area contributed by atoms with Gasteiger partial charge in [-0.05, 0) is 65.9 Å². The highest BCUT2D eigenvalue weighted by Crippen LogP contribution is 2.38. The van der Waals surface area contributed by atoms with E-state index in [9.17, 15) is 14.9 Å². The van der Waals surface area contributed by atoms with Crippen molar-refractivity contribution in [3.63, 3.8) is 0 Å². The fourth-order valence-electron chi connectivity index (χ4n) is 3.43. The van der Waals surface area contributed by atoms with Gasteiger partial charge < -0.3 is 14.6 Å². The van der Waals surface area contributed by atoms with Crippen molar-refractivity contribution in [2.75, 3.05) is 14.2 Å². The molecule has 1 aliphatic rings. The number of methoxy groups -OCH3 is 1. The minimum absolute atomic E-state index is 0.161. The van der Waals surface area contributed by atoms with E-state index in [0.29, 0.717) is 42.9 Å². The average molecular weight is 578 g/mol. The maximum atomic E-state index is 12.9. The van der Waals surface area contributed by atoms with Gasteiger partial charge >= 0.3 is 5.97 Å². The fraction of sp³-hybridized carbons (Fsp3) is 0.111. The summed E-state index contributed by atoms with van der Waals surface area (Å²) in [5, 5.41) is 18.8. The molecule has 3 aromatic carbocycles. The normalized spacial score (nSPS) is 15.2. The molecule has 0 saturated carbocycles. The summed E-state index contributed by atoms with van der Waals surface area (Å²) in [4.78, 5) is 30.3.